The van der Waals surface area contributed by atoms with Crippen molar-refractivity contribution in [1.82, 2.24) is 10.3 Å². The first-order valence-corrected chi connectivity index (χ1v) is 9.97. The lowest BCUT2D eigenvalue weighted by atomic mass is 10.0. The number of amides is 1. The van der Waals surface area contributed by atoms with Gasteiger partial charge >= 0.3 is 12.1 Å². The van der Waals surface area contributed by atoms with E-state index in [2.05, 4.69) is 4.98 Å². The van der Waals surface area contributed by atoms with E-state index in [0.717, 1.165) is 6.20 Å². The highest BCUT2D eigenvalue weighted by Gasteiger charge is 2.48. The number of aromatic nitrogens is 1. The van der Waals surface area contributed by atoms with Gasteiger partial charge in [0.05, 0.1) is 7.11 Å². The van der Waals surface area contributed by atoms with Crippen LogP contribution in [-0.4, -0.2) is 53.5 Å². The average Bonchev–Trinajstić information content (AvgIpc) is 2.75. The molecule has 1 aromatic carbocycles. The first-order chi connectivity index (χ1) is 15.5. The van der Waals surface area contributed by atoms with Crippen LogP contribution in [0.25, 0.3) is 0 Å². The van der Waals surface area contributed by atoms with Crippen LogP contribution in [0, 0.1) is 5.92 Å². The Bertz CT molecular complexity index is 953. The van der Waals surface area contributed by atoms with Crippen LogP contribution in [0.2, 0.25) is 0 Å². The summed E-state index contributed by atoms with van der Waals surface area (Å²) in [4.78, 5) is 28.3. The van der Waals surface area contributed by atoms with Gasteiger partial charge in [0, 0.05) is 12.3 Å². The largest absolute Gasteiger partial charge is 0.503 e. The van der Waals surface area contributed by atoms with Crippen molar-refractivity contribution < 1.29 is 42.1 Å². The highest BCUT2D eigenvalue weighted by molar-refractivity contribution is 5.98. The summed E-state index contributed by atoms with van der Waals surface area (Å²) in [5, 5.41) is 11.5. The second-order valence-corrected chi connectivity index (χ2v) is 7.44. The molecule has 2 rings (SSSR count). The lowest BCUT2D eigenvalue weighted by Crippen LogP contribution is -2.53. The Morgan fingerprint density at radius 3 is 2.27 bits per heavy atom. The number of para-hydroxylation sites is 1. The van der Waals surface area contributed by atoms with E-state index in [1.807, 2.05) is 0 Å². The number of pyridine rings is 1. The van der Waals surface area contributed by atoms with Crippen LogP contribution in [-0.2, 0) is 9.53 Å². The SMILES string of the molecule is COc1ccnc(C(=O)NC(C(=O)O[C@@H](C)[C@H](Oc2ccccc2)C(C)C)C(F)(F)F)c1O. The van der Waals surface area contributed by atoms with Gasteiger partial charge in [-0.25, -0.2) is 9.78 Å². The Kier molecular flexibility index (Phi) is 8.50. The van der Waals surface area contributed by atoms with E-state index in [0.29, 0.717) is 5.75 Å². The molecule has 2 aromatic rings. The predicted octanol–water partition coefficient (Wildman–Crippen LogP) is 3.49. The Morgan fingerprint density at radius 1 is 1.09 bits per heavy atom. The zero-order valence-corrected chi connectivity index (χ0v) is 18.4. The summed E-state index contributed by atoms with van der Waals surface area (Å²) in [5.74, 6) is -3.86. The molecular formula is C22H25F3N2O6. The lowest BCUT2D eigenvalue weighted by molar-refractivity contribution is -0.189. The third kappa shape index (κ3) is 6.74. The molecule has 1 unspecified atom stereocenters. The van der Waals surface area contributed by atoms with Crippen LogP contribution in [0.1, 0.15) is 31.3 Å². The Morgan fingerprint density at radius 2 is 1.73 bits per heavy atom. The number of methoxy groups -OCH3 is 1. The summed E-state index contributed by atoms with van der Waals surface area (Å²) in [6.45, 7) is 4.92. The van der Waals surface area contributed by atoms with E-state index in [-0.39, 0.29) is 11.7 Å². The molecule has 2 N–H and O–H groups in total. The fourth-order valence-corrected chi connectivity index (χ4v) is 2.99. The molecule has 180 valence electrons. The summed E-state index contributed by atoms with van der Waals surface area (Å²) in [6.07, 6.45) is -5.95. The summed E-state index contributed by atoms with van der Waals surface area (Å²) < 4.78 is 56.4. The van der Waals surface area contributed by atoms with Crippen LogP contribution in [0.4, 0.5) is 13.2 Å². The maximum absolute atomic E-state index is 13.6. The number of carbonyl (C=O) groups excluding carboxylic acids is 2. The zero-order chi connectivity index (χ0) is 24.8. The minimum absolute atomic E-state index is 0.173. The molecular weight excluding hydrogens is 445 g/mol. The fraction of sp³-hybridized carbons (Fsp3) is 0.409. The van der Waals surface area contributed by atoms with Crippen molar-refractivity contribution in [3.8, 4) is 17.2 Å². The van der Waals surface area contributed by atoms with E-state index >= 15 is 0 Å². The Hall–Kier alpha value is -3.50. The number of ether oxygens (including phenoxy) is 3. The smallest absolute Gasteiger partial charge is 0.419 e. The lowest BCUT2D eigenvalue weighted by Gasteiger charge is -2.30. The highest BCUT2D eigenvalue weighted by atomic mass is 19.4. The number of hydrogen-bond acceptors (Lipinski definition) is 7. The van der Waals surface area contributed by atoms with Gasteiger partial charge in [0.25, 0.3) is 5.91 Å². The number of halogens is 3. The van der Waals surface area contributed by atoms with Crippen LogP contribution in [0.5, 0.6) is 17.2 Å². The quantitative estimate of drug-likeness (QED) is 0.541. The minimum Gasteiger partial charge on any atom is -0.503 e. The van der Waals surface area contributed by atoms with Crippen molar-refractivity contribution in [2.75, 3.05) is 7.11 Å². The molecule has 8 nitrogen and oxygen atoms in total. The number of alkyl halides is 3. The van der Waals surface area contributed by atoms with Gasteiger partial charge in [0.2, 0.25) is 6.04 Å². The second-order valence-electron chi connectivity index (χ2n) is 7.44. The fourth-order valence-electron chi connectivity index (χ4n) is 2.99. The molecule has 11 heteroatoms. The molecule has 0 spiro atoms. The Labute approximate surface area is 188 Å². The normalized spacial score (nSPS) is 14.2. The number of carbonyl (C=O) groups is 2. The number of nitrogens with one attached hydrogen (secondary N) is 1. The summed E-state index contributed by atoms with van der Waals surface area (Å²) in [7, 11) is 1.19. The number of rotatable bonds is 9. The van der Waals surface area contributed by atoms with Gasteiger partial charge < -0.3 is 24.6 Å². The van der Waals surface area contributed by atoms with Crippen molar-refractivity contribution in [2.24, 2.45) is 5.92 Å². The second kappa shape index (κ2) is 10.9. The summed E-state index contributed by atoms with van der Waals surface area (Å²) >= 11 is 0. The molecule has 1 aromatic heterocycles. The topological polar surface area (TPSA) is 107 Å². The van der Waals surface area contributed by atoms with Crippen molar-refractivity contribution in [3.63, 3.8) is 0 Å². The summed E-state index contributed by atoms with van der Waals surface area (Å²) in [5.41, 5.74) is -0.739. The van der Waals surface area contributed by atoms with Gasteiger partial charge in [-0.05, 0) is 25.0 Å². The number of nitrogens with zero attached hydrogens (tertiary/aromatic N) is 1. The molecule has 0 aliphatic heterocycles. The number of esters is 1. The van der Waals surface area contributed by atoms with E-state index in [9.17, 15) is 27.9 Å². The monoisotopic (exact) mass is 470 g/mol. The average molecular weight is 470 g/mol. The molecule has 3 atom stereocenters. The van der Waals surface area contributed by atoms with Crippen molar-refractivity contribution in [3.05, 3.63) is 48.3 Å². The van der Waals surface area contributed by atoms with Crippen LogP contribution in [0.3, 0.4) is 0 Å². The van der Waals surface area contributed by atoms with E-state index in [4.69, 9.17) is 14.2 Å². The van der Waals surface area contributed by atoms with Crippen LogP contribution in [0.15, 0.2) is 42.6 Å². The van der Waals surface area contributed by atoms with Gasteiger partial charge in [0.1, 0.15) is 18.0 Å². The zero-order valence-electron chi connectivity index (χ0n) is 18.4. The van der Waals surface area contributed by atoms with Crippen LogP contribution >= 0.6 is 0 Å². The van der Waals surface area contributed by atoms with Gasteiger partial charge in [-0.3, -0.25) is 4.79 Å². The molecule has 0 aliphatic carbocycles. The number of hydrogen-bond donors (Lipinski definition) is 2. The van der Waals surface area contributed by atoms with Gasteiger partial charge in [-0.2, -0.15) is 13.2 Å². The Balaban J connectivity index is 2.19. The maximum atomic E-state index is 13.6. The molecule has 0 fully saturated rings. The molecule has 1 heterocycles. The molecule has 33 heavy (non-hydrogen) atoms. The molecule has 0 saturated heterocycles. The number of aromatic hydroxyl groups is 1. The third-order valence-corrected chi connectivity index (χ3v) is 4.60. The van der Waals surface area contributed by atoms with Crippen molar-refractivity contribution in [2.45, 2.75) is 45.2 Å². The molecule has 0 aliphatic rings. The minimum atomic E-state index is -5.17. The maximum Gasteiger partial charge on any atom is 0.419 e. The van der Waals surface area contributed by atoms with Gasteiger partial charge in [0.15, 0.2) is 17.2 Å². The summed E-state index contributed by atoms with van der Waals surface area (Å²) in [6, 6.07) is 6.76. The van der Waals surface area contributed by atoms with Crippen LogP contribution < -0.4 is 14.8 Å². The third-order valence-electron chi connectivity index (χ3n) is 4.60. The first-order valence-electron chi connectivity index (χ1n) is 9.97. The molecule has 0 bridgehead atoms. The van der Waals surface area contributed by atoms with Crippen molar-refractivity contribution in [1.29, 1.82) is 0 Å². The standard InChI is InChI=1S/C22H25F3N2O6/c1-12(2)18(33-14-8-6-5-7-9-14)13(3)32-21(30)19(22(23,24)25)27-20(29)16-17(28)15(31-4)10-11-26-16/h5-13,18-19,28H,1-4H3,(H,27,29)/t13-,18+,19?/m0/s1. The highest BCUT2D eigenvalue weighted by Crippen LogP contribution is 2.29. The molecule has 0 saturated carbocycles. The first kappa shape index (κ1) is 25.8. The van der Waals surface area contributed by atoms with E-state index < -0.39 is 47.7 Å². The predicted molar refractivity (Wildman–Crippen MR) is 111 cm³/mol. The van der Waals surface area contributed by atoms with Crippen molar-refractivity contribution >= 4 is 11.9 Å². The van der Waals surface area contributed by atoms with Gasteiger partial charge in [-0.1, -0.05) is 32.0 Å². The molecule has 1 amide bonds. The van der Waals surface area contributed by atoms with E-state index in [1.165, 1.54) is 25.4 Å². The van der Waals surface area contributed by atoms with Gasteiger partial charge in [-0.15, -0.1) is 0 Å². The number of benzene rings is 1. The molecule has 0 radical (unpaired) electrons. The van der Waals surface area contributed by atoms with E-state index in [1.54, 1.807) is 44.2 Å².